The maximum absolute atomic E-state index is 12.3. The highest BCUT2D eigenvalue weighted by molar-refractivity contribution is 5.90. The Morgan fingerprint density at radius 2 is 2.00 bits per heavy atom. The number of aryl methyl sites for hydroxylation is 1. The van der Waals surface area contributed by atoms with Crippen molar-refractivity contribution in [2.75, 3.05) is 23.7 Å². The number of pyridine rings is 2. The molecule has 148 valence electrons. The SMILES string of the molecule is O=C(NCCc1ccc2c(n1)NCCC2)Nc1cccnc1Oc1ccccc1. The summed E-state index contributed by atoms with van der Waals surface area (Å²) >= 11 is 0. The lowest BCUT2D eigenvalue weighted by Crippen LogP contribution is -2.30. The van der Waals surface area contributed by atoms with Crippen molar-refractivity contribution >= 4 is 17.5 Å². The van der Waals surface area contributed by atoms with E-state index in [0.29, 0.717) is 30.3 Å². The molecule has 0 radical (unpaired) electrons. The Bertz CT molecular complexity index is 978. The summed E-state index contributed by atoms with van der Waals surface area (Å²) in [5.41, 5.74) is 2.71. The molecule has 2 amide bonds. The van der Waals surface area contributed by atoms with Crippen LogP contribution in [0.2, 0.25) is 0 Å². The van der Waals surface area contributed by atoms with Crippen LogP contribution in [0, 0.1) is 0 Å². The van der Waals surface area contributed by atoms with E-state index in [1.54, 1.807) is 18.3 Å². The van der Waals surface area contributed by atoms with Gasteiger partial charge < -0.3 is 20.7 Å². The van der Waals surface area contributed by atoms with E-state index >= 15 is 0 Å². The van der Waals surface area contributed by atoms with Gasteiger partial charge in [-0.1, -0.05) is 24.3 Å². The van der Waals surface area contributed by atoms with Crippen LogP contribution in [-0.2, 0) is 12.8 Å². The number of urea groups is 1. The lowest BCUT2D eigenvalue weighted by Gasteiger charge is -2.17. The molecule has 0 spiro atoms. The number of fused-ring (bicyclic) bond motifs is 1. The van der Waals surface area contributed by atoms with Gasteiger partial charge in [-0.25, -0.2) is 14.8 Å². The molecular weight excluding hydrogens is 366 g/mol. The Morgan fingerprint density at radius 1 is 1.10 bits per heavy atom. The molecule has 4 rings (SSSR count). The van der Waals surface area contributed by atoms with Crippen LogP contribution >= 0.6 is 0 Å². The molecule has 3 aromatic rings. The second-order valence-corrected chi connectivity index (χ2v) is 6.74. The number of nitrogens with one attached hydrogen (secondary N) is 3. The number of hydrogen-bond acceptors (Lipinski definition) is 5. The van der Waals surface area contributed by atoms with Crippen molar-refractivity contribution in [2.45, 2.75) is 19.3 Å². The summed E-state index contributed by atoms with van der Waals surface area (Å²) in [6, 6.07) is 16.7. The van der Waals surface area contributed by atoms with Gasteiger partial charge in [-0.05, 0) is 48.7 Å². The highest BCUT2D eigenvalue weighted by Gasteiger charge is 2.12. The average Bonchev–Trinajstić information content (AvgIpc) is 2.76. The second-order valence-electron chi connectivity index (χ2n) is 6.74. The lowest BCUT2D eigenvalue weighted by atomic mass is 10.1. The van der Waals surface area contributed by atoms with Crippen molar-refractivity contribution in [2.24, 2.45) is 0 Å². The van der Waals surface area contributed by atoms with Gasteiger partial charge in [0, 0.05) is 31.4 Å². The van der Waals surface area contributed by atoms with Crippen molar-refractivity contribution in [1.82, 2.24) is 15.3 Å². The highest BCUT2D eigenvalue weighted by atomic mass is 16.5. The Morgan fingerprint density at radius 3 is 2.90 bits per heavy atom. The van der Waals surface area contributed by atoms with E-state index in [9.17, 15) is 4.79 Å². The summed E-state index contributed by atoms with van der Waals surface area (Å²) in [5, 5.41) is 8.98. The first-order valence-corrected chi connectivity index (χ1v) is 9.73. The monoisotopic (exact) mass is 389 g/mol. The highest BCUT2D eigenvalue weighted by Crippen LogP contribution is 2.26. The fourth-order valence-electron chi connectivity index (χ4n) is 3.15. The van der Waals surface area contributed by atoms with Crippen LogP contribution in [0.4, 0.5) is 16.3 Å². The standard InChI is InChI=1S/C22H23N5O2/c28-22(25-15-12-17-11-10-16-6-4-13-23-20(16)26-17)27-19-9-5-14-24-21(19)29-18-7-2-1-3-8-18/h1-3,5,7-11,14H,4,6,12-13,15H2,(H,23,26)(H2,25,27,28). The van der Waals surface area contributed by atoms with Crippen molar-refractivity contribution < 1.29 is 9.53 Å². The van der Waals surface area contributed by atoms with Crippen LogP contribution in [0.15, 0.2) is 60.8 Å². The van der Waals surface area contributed by atoms with Gasteiger partial charge in [0.2, 0.25) is 5.88 Å². The van der Waals surface area contributed by atoms with E-state index in [4.69, 9.17) is 4.74 Å². The number of carbonyl (C=O) groups excluding carboxylic acids is 1. The maximum atomic E-state index is 12.3. The molecule has 1 aromatic carbocycles. The first kappa shape index (κ1) is 18.7. The normalized spacial score (nSPS) is 12.4. The molecule has 1 aliphatic heterocycles. The number of ether oxygens (including phenoxy) is 1. The van der Waals surface area contributed by atoms with E-state index in [2.05, 4.69) is 32.0 Å². The fraction of sp³-hybridized carbons (Fsp3) is 0.227. The van der Waals surface area contributed by atoms with Crippen LogP contribution < -0.4 is 20.7 Å². The molecule has 0 aliphatic carbocycles. The number of hydrogen-bond donors (Lipinski definition) is 3. The van der Waals surface area contributed by atoms with Crippen molar-refractivity contribution in [3.05, 3.63) is 72.1 Å². The number of para-hydroxylation sites is 1. The van der Waals surface area contributed by atoms with Gasteiger partial charge in [0.25, 0.3) is 0 Å². The molecule has 3 heterocycles. The number of anilines is 2. The summed E-state index contributed by atoms with van der Waals surface area (Å²) < 4.78 is 5.77. The Kier molecular flexibility index (Phi) is 5.85. The minimum absolute atomic E-state index is 0.313. The molecule has 0 unspecified atom stereocenters. The summed E-state index contributed by atoms with van der Waals surface area (Å²) in [6.45, 7) is 1.44. The smallest absolute Gasteiger partial charge is 0.319 e. The van der Waals surface area contributed by atoms with Gasteiger partial charge in [-0.15, -0.1) is 0 Å². The van der Waals surface area contributed by atoms with Gasteiger partial charge in [0.05, 0.1) is 0 Å². The molecule has 0 saturated heterocycles. The molecule has 0 atom stereocenters. The van der Waals surface area contributed by atoms with Crippen molar-refractivity contribution in [3.8, 4) is 11.6 Å². The quantitative estimate of drug-likeness (QED) is 0.593. The minimum atomic E-state index is -0.313. The van der Waals surface area contributed by atoms with Crippen LogP contribution in [0.3, 0.4) is 0 Å². The van der Waals surface area contributed by atoms with Gasteiger partial charge in [-0.3, -0.25) is 0 Å². The van der Waals surface area contributed by atoms with Crippen LogP contribution in [0.25, 0.3) is 0 Å². The third-order valence-corrected chi connectivity index (χ3v) is 4.60. The zero-order valence-electron chi connectivity index (χ0n) is 16.0. The lowest BCUT2D eigenvalue weighted by molar-refractivity contribution is 0.252. The predicted molar refractivity (Wildman–Crippen MR) is 113 cm³/mol. The van der Waals surface area contributed by atoms with E-state index in [1.807, 2.05) is 36.4 Å². The largest absolute Gasteiger partial charge is 0.437 e. The van der Waals surface area contributed by atoms with E-state index in [-0.39, 0.29) is 6.03 Å². The van der Waals surface area contributed by atoms with Gasteiger partial charge in [0.1, 0.15) is 17.3 Å². The molecule has 0 fully saturated rings. The first-order valence-electron chi connectivity index (χ1n) is 9.73. The van der Waals surface area contributed by atoms with Crippen LogP contribution in [-0.4, -0.2) is 29.1 Å². The predicted octanol–water partition coefficient (Wildman–Crippen LogP) is 3.99. The summed E-state index contributed by atoms with van der Waals surface area (Å²) in [5.74, 6) is 1.97. The molecule has 3 N–H and O–H groups in total. The molecular formula is C22H23N5O2. The minimum Gasteiger partial charge on any atom is -0.437 e. The number of amides is 2. The molecule has 0 bridgehead atoms. The number of nitrogens with zero attached hydrogens (tertiary/aromatic N) is 2. The molecule has 0 saturated carbocycles. The van der Waals surface area contributed by atoms with Crippen LogP contribution in [0.1, 0.15) is 17.7 Å². The third-order valence-electron chi connectivity index (χ3n) is 4.60. The molecule has 7 nitrogen and oxygen atoms in total. The maximum Gasteiger partial charge on any atom is 0.319 e. The van der Waals surface area contributed by atoms with E-state index in [0.717, 1.165) is 30.9 Å². The second kappa shape index (κ2) is 9.05. The summed E-state index contributed by atoms with van der Waals surface area (Å²) in [6.07, 6.45) is 4.48. The number of rotatable bonds is 6. The van der Waals surface area contributed by atoms with E-state index < -0.39 is 0 Å². The average molecular weight is 389 g/mol. The van der Waals surface area contributed by atoms with Gasteiger partial charge >= 0.3 is 6.03 Å². The van der Waals surface area contributed by atoms with Gasteiger partial charge in [0.15, 0.2) is 0 Å². The summed E-state index contributed by atoms with van der Waals surface area (Å²) in [7, 11) is 0. The Hall–Kier alpha value is -3.61. The topological polar surface area (TPSA) is 88.2 Å². The zero-order chi connectivity index (χ0) is 19.9. The van der Waals surface area contributed by atoms with Crippen molar-refractivity contribution in [1.29, 1.82) is 0 Å². The number of aromatic nitrogens is 2. The molecule has 1 aliphatic rings. The van der Waals surface area contributed by atoms with Crippen molar-refractivity contribution in [3.63, 3.8) is 0 Å². The summed E-state index contributed by atoms with van der Waals surface area (Å²) in [4.78, 5) is 21.2. The molecule has 29 heavy (non-hydrogen) atoms. The molecule has 7 heteroatoms. The van der Waals surface area contributed by atoms with Gasteiger partial charge in [-0.2, -0.15) is 0 Å². The number of carbonyl (C=O) groups is 1. The number of benzene rings is 1. The zero-order valence-corrected chi connectivity index (χ0v) is 16.0. The fourth-order valence-corrected chi connectivity index (χ4v) is 3.15. The van der Waals surface area contributed by atoms with Crippen LogP contribution in [0.5, 0.6) is 11.6 Å². The Balaban J connectivity index is 1.31. The first-order chi connectivity index (χ1) is 14.3. The Labute approximate surface area is 169 Å². The van der Waals surface area contributed by atoms with E-state index in [1.165, 1.54) is 5.56 Å². The third kappa shape index (κ3) is 5.01. The molecule has 2 aromatic heterocycles.